The van der Waals surface area contributed by atoms with Crippen LogP contribution in [0.5, 0.6) is 5.75 Å². The molecular formula is C19H15F3N4O7. The number of ether oxygens (including phenoxy) is 1. The Morgan fingerprint density at radius 3 is 2.24 bits per heavy atom. The van der Waals surface area contributed by atoms with Crippen LogP contribution in [0.3, 0.4) is 0 Å². The second kappa shape index (κ2) is 9.10. The highest BCUT2D eigenvalue weighted by Crippen LogP contribution is 2.26. The van der Waals surface area contributed by atoms with Crippen LogP contribution < -0.4 is 10.1 Å². The Kier molecular flexibility index (Phi) is 6.46. The third-order valence-electron chi connectivity index (χ3n) is 4.71. The highest BCUT2D eigenvalue weighted by molar-refractivity contribution is 5.96. The number of carbonyl (C=O) groups excluding carboxylic acids is 2. The van der Waals surface area contributed by atoms with Crippen LogP contribution in [-0.2, 0) is 0 Å². The van der Waals surface area contributed by atoms with Gasteiger partial charge in [0.05, 0.1) is 21.5 Å². The lowest BCUT2D eigenvalue weighted by Gasteiger charge is -2.17. The minimum Gasteiger partial charge on any atom is -0.406 e. The van der Waals surface area contributed by atoms with Gasteiger partial charge in [0.1, 0.15) is 5.75 Å². The SMILES string of the molecule is O=C(N[C@@H]1CCN(C(=O)c2cc([N+](=O)[O-])cc([N+](=O)[O-])c2)C1)c1cccc(OC(F)(F)F)c1. The number of likely N-dealkylation sites (tertiary alicyclic amines) is 1. The molecule has 0 bridgehead atoms. The van der Waals surface area contributed by atoms with Crippen molar-refractivity contribution in [3.8, 4) is 5.75 Å². The van der Waals surface area contributed by atoms with E-state index in [1.807, 2.05) is 0 Å². The van der Waals surface area contributed by atoms with E-state index in [-0.39, 0.29) is 24.2 Å². The van der Waals surface area contributed by atoms with Gasteiger partial charge < -0.3 is 15.0 Å². The number of hydrogen-bond acceptors (Lipinski definition) is 7. The van der Waals surface area contributed by atoms with Gasteiger partial charge >= 0.3 is 6.36 Å². The molecule has 1 fully saturated rings. The molecule has 0 radical (unpaired) electrons. The first-order chi connectivity index (χ1) is 15.4. The van der Waals surface area contributed by atoms with E-state index in [0.29, 0.717) is 6.42 Å². The zero-order chi connectivity index (χ0) is 24.3. The maximum atomic E-state index is 12.7. The highest BCUT2D eigenvalue weighted by atomic mass is 19.4. The van der Waals surface area contributed by atoms with Crippen LogP contribution in [-0.4, -0.2) is 52.1 Å². The second-order valence-electron chi connectivity index (χ2n) is 7.04. The third-order valence-corrected chi connectivity index (χ3v) is 4.71. The Labute approximate surface area is 183 Å². The summed E-state index contributed by atoms with van der Waals surface area (Å²) >= 11 is 0. The van der Waals surface area contributed by atoms with E-state index in [0.717, 1.165) is 30.3 Å². The average molecular weight is 468 g/mol. The van der Waals surface area contributed by atoms with E-state index >= 15 is 0 Å². The van der Waals surface area contributed by atoms with Crippen molar-refractivity contribution in [1.82, 2.24) is 10.2 Å². The largest absolute Gasteiger partial charge is 0.573 e. The lowest BCUT2D eigenvalue weighted by atomic mass is 10.1. The van der Waals surface area contributed by atoms with Crippen LogP contribution in [0.2, 0.25) is 0 Å². The van der Waals surface area contributed by atoms with E-state index < -0.39 is 51.2 Å². The van der Waals surface area contributed by atoms with E-state index in [1.165, 1.54) is 17.0 Å². The highest BCUT2D eigenvalue weighted by Gasteiger charge is 2.32. The molecule has 1 heterocycles. The molecule has 2 aromatic carbocycles. The minimum absolute atomic E-state index is 0.000194. The summed E-state index contributed by atoms with van der Waals surface area (Å²) in [6.07, 6.45) is -4.61. The molecule has 3 rings (SSSR count). The Bertz CT molecular complexity index is 1090. The molecule has 174 valence electrons. The lowest BCUT2D eigenvalue weighted by molar-refractivity contribution is -0.394. The van der Waals surface area contributed by atoms with Gasteiger partial charge in [-0.15, -0.1) is 13.2 Å². The zero-order valence-electron chi connectivity index (χ0n) is 16.6. The summed E-state index contributed by atoms with van der Waals surface area (Å²) in [4.78, 5) is 46.7. The molecule has 1 atom stereocenters. The number of benzene rings is 2. The fourth-order valence-corrected chi connectivity index (χ4v) is 3.28. The minimum atomic E-state index is -4.91. The number of non-ortho nitro benzene ring substituents is 2. The first-order valence-electron chi connectivity index (χ1n) is 9.33. The molecule has 14 heteroatoms. The summed E-state index contributed by atoms with van der Waals surface area (Å²) in [7, 11) is 0. The Morgan fingerprint density at radius 2 is 1.67 bits per heavy atom. The fourth-order valence-electron chi connectivity index (χ4n) is 3.28. The van der Waals surface area contributed by atoms with Gasteiger partial charge in [0.2, 0.25) is 0 Å². The van der Waals surface area contributed by atoms with Gasteiger partial charge in [0.25, 0.3) is 23.2 Å². The van der Waals surface area contributed by atoms with Crippen molar-refractivity contribution in [2.24, 2.45) is 0 Å². The summed E-state index contributed by atoms with van der Waals surface area (Å²) in [5.41, 5.74) is -1.56. The molecule has 0 unspecified atom stereocenters. The summed E-state index contributed by atoms with van der Waals surface area (Å²) in [6, 6.07) is 6.50. The van der Waals surface area contributed by atoms with Crippen LogP contribution in [0.1, 0.15) is 27.1 Å². The monoisotopic (exact) mass is 468 g/mol. The molecule has 1 aliphatic heterocycles. The molecule has 0 spiro atoms. The van der Waals surface area contributed by atoms with Gasteiger partial charge in [-0.2, -0.15) is 0 Å². The predicted molar refractivity (Wildman–Crippen MR) is 105 cm³/mol. The molecule has 1 N–H and O–H groups in total. The number of halogens is 3. The van der Waals surface area contributed by atoms with Crippen LogP contribution >= 0.6 is 0 Å². The maximum Gasteiger partial charge on any atom is 0.573 e. The molecule has 11 nitrogen and oxygen atoms in total. The number of nitrogens with one attached hydrogen (secondary N) is 1. The third kappa shape index (κ3) is 5.93. The van der Waals surface area contributed by atoms with Gasteiger partial charge in [0, 0.05) is 36.8 Å². The van der Waals surface area contributed by atoms with Gasteiger partial charge in [-0.25, -0.2) is 0 Å². The molecule has 0 saturated carbocycles. The fraction of sp³-hybridized carbons (Fsp3) is 0.263. The predicted octanol–water partition coefficient (Wildman–Crippen LogP) is 3.05. The Morgan fingerprint density at radius 1 is 1.03 bits per heavy atom. The number of nitro groups is 2. The van der Waals surface area contributed by atoms with Crippen molar-refractivity contribution in [3.63, 3.8) is 0 Å². The number of nitro benzene ring substituents is 2. The molecule has 0 aliphatic carbocycles. The summed E-state index contributed by atoms with van der Waals surface area (Å²) in [6.45, 7) is 0.150. The summed E-state index contributed by atoms with van der Waals surface area (Å²) in [5.74, 6) is -1.95. The summed E-state index contributed by atoms with van der Waals surface area (Å²) < 4.78 is 40.9. The molecule has 2 amide bonds. The van der Waals surface area contributed by atoms with Crippen molar-refractivity contribution < 1.29 is 37.3 Å². The molecular weight excluding hydrogens is 453 g/mol. The van der Waals surface area contributed by atoms with Crippen molar-refractivity contribution in [3.05, 3.63) is 73.8 Å². The molecule has 2 aromatic rings. The number of alkyl halides is 3. The molecule has 0 aromatic heterocycles. The number of hydrogen-bond donors (Lipinski definition) is 1. The van der Waals surface area contributed by atoms with E-state index in [1.54, 1.807) is 0 Å². The van der Waals surface area contributed by atoms with Gasteiger partial charge in [-0.05, 0) is 24.6 Å². The standard InChI is InChI=1S/C19H15F3N4O7/c20-19(21,22)33-16-3-1-2-11(8-16)17(27)23-13-4-5-24(10-13)18(28)12-6-14(25(29)30)9-15(7-12)26(31)32/h1-3,6-9,13H,4-5,10H2,(H,23,27)/t13-/m1/s1. The smallest absolute Gasteiger partial charge is 0.406 e. The number of rotatable bonds is 6. The average Bonchev–Trinajstić information content (AvgIpc) is 3.20. The van der Waals surface area contributed by atoms with Crippen LogP contribution in [0.4, 0.5) is 24.5 Å². The first-order valence-corrected chi connectivity index (χ1v) is 9.33. The van der Waals surface area contributed by atoms with Crippen LogP contribution in [0.25, 0.3) is 0 Å². The quantitative estimate of drug-likeness (QED) is 0.507. The van der Waals surface area contributed by atoms with Crippen LogP contribution in [0.15, 0.2) is 42.5 Å². The normalized spacial score (nSPS) is 15.7. The van der Waals surface area contributed by atoms with Gasteiger partial charge in [-0.3, -0.25) is 29.8 Å². The van der Waals surface area contributed by atoms with Crippen molar-refractivity contribution in [2.45, 2.75) is 18.8 Å². The number of carbonyl (C=O) groups is 2. The molecule has 1 aliphatic rings. The number of nitrogens with zero attached hydrogens (tertiary/aromatic N) is 3. The van der Waals surface area contributed by atoms with Crippen molar-refractivity contribution in [1.29, 1.82) is 0 Å². The van der Waals surface area contributed by atoms with Gasteiger partial charge in [0.15, 0.2) is 0 Å². The van der Waals surface area contributed by atoms with E-state index in [2.05, 4.69) is 10.1 Å². The zero-order valence-corrected chi connectivity index (χ0v) is 16.6. The van der Waals surface area contributed by atoms with E-state index in [4.69, 9.17) is 0 Å². The maximum absolute atomic E-state index is 12.7. The molecule has 33 heavy (non-hydrogen) atoms. The van der Waals surface area contributed by atoms with Crippen molar-refractivity contribution in [2.75, 3.05) is 13.1 Å². The summed E-state index contributed by atoms with van der Waals surface area (Å²) in [5, 5.41) is 24.6. The Balaban J connectivity index is 1.68. The van der Waals surface area contributed by atoms with Crippen molar-refractivity contribution >= 4 is 23.2 Å². The van der Waals surface area contributed by atoms with E-state index in [9.17, 15) is 43.0 Å². The number of amides is 2. The lowest BCUT2D eigenvalue weighted by Crippen LogP contribution is -2.38. The van der Waals surface area contributed by atoms with Crippen LogP contribution in [0, 0.1) is 20.2 Å². The topological polar surface area (TPSA) is 145 Å². The molecule has 1 saturated heterocycles. The first kappa shape index (κ1) is 23.4. The Hall–Kier alpha value is -4.23. The van der Waals surface area contributed by atoms with Gasteiger partial charge in [-0.1, -0.05) is 6.07 Å². The second-order valence-corrected chi connectivity index (χ2v) is 7.04.